The molecule has 0 aliphatic carbocycles. The summed E-state index contributed by atoms with van der Waals surface area (Å²) in [4.78, 5) is 11.5. The molecule has 0 aliphatic rings. The van der Waals surface area contributed by atoms with Crippen molar-refractivity contribution in [3.8, 4) is 5.75 Å². The van der Waals surface area contributed by atoms with Gasteiger partial charge in [0.25, 0.3) is 0 Å². The third-order valence-corrected chi connectivity index (χ3v) is 3.27. The van der Waals surface area contributed by atoms with Crippen molar-refractivity contribution in [3.05, 3.63) is 42.0 Å². The Morgan fingerprint density at radius 3 is 2.33 bits per heavy atom. The zero-order chi connectivity index (χ0) is 15.9. The SMILES string of the molecule is CCOC(=O)/C=C/C(C)(C)C(OC)c1ccc(OC)cc1. The second-order valence-corrected chi connectivity index (χ2v) is 5.30. The minimum atomic E-state index is -0.351. The van der Waals surface area contributed by atoms with Gasteiger partial charge in [-0.3, -0.25) is 0 Å². The highest BCUT2D eigenvalue weighted by molar-refractivity contribution is 5.82. The molecule has 0 saturated carbocycles. The first-order valence-electron chi connectivity index (χ1n) is 6.97. The lowest BCUT2D eigenvalue weighted by atomic mass is 9.82. The Balaban J connectivity index is 2.92. The molecule has 1 rings (SSSR count). The van der Waals surface area contributed by atoms with Crippen molar-refractivity contribution in [3.63, 3.8) is 0 Å². The number of hydrogen-bond donors (Lipinski definition) is 0. The second-order valence-electron chi connectivity index (χ2n) is 5.30. The van der Waals surface area contributed by atoms with Crippen LogP contribution in [0.2, 0.25) is 0 Å². The van der Waals surface area contributed by atoms with Crippen molar-refractivity contribution in [2.45, 2.75) is 26.9 Å². The highest BCUT2D eigenvalue weighted by Gasteiger charge is 2.28. The largest absolute Gasteiger partial charge is 0.497 e. The highest BCUT2D eigenvalue weighted by Crippen LogP contribution is 2.37. The molecule has 1 aromatic rings. The molecule has 116 valence electrons. The van der Waals surface area contributed by atoms with Gasteiger partial charge in [0.1, 0.15) is 5.75 Å². The van der Waals surface area contributed by atoms with Crippen LogP contribution in [0.1, 0.15) is 32.4 Å². The molecule has 21 heavy (non-hydrogen) atoms. The van der Waals surface area contributed by atoms with Gasteiger partial charge < -0.3 is 14.2 Å². The molecule has 0 aliphatic heterocycles. The molecular formula is C17H24O4. The van der Waals surface area contributed by atoms with Gasteiger partial charge in [-0.05, 0) is 24.6 Å². The van der Waals surface area contributed by atoms with Crippen molar-refractivity contribution in [2.75, 3.05) is 20.8 Å². The first-order chi connectivity index (χ1) is 9.94. The maximum absolute atomic E-state index is 11.5. The van der Waals surface area contributed by atoms with E-state index in [9.17, 15) is 4.79 Å². The molecule has 1 aromatic carbocycles. The van der Waals surface area contributed by atoms with Crippen LogP contribution in [0.5, 0.6) is 5.75 Å². The molecule has 4 heteroatoms. The number of carbonyl (C=O) groups is 1. The summed E-state index contributed by atoms with van der Waals surface area (Å²) in [6.07, 6.45) is 3.11. The number of benzene rings is 1. The summed E-state index contributed by atoms with van der Waals surface area (Å²) in [6.45, 7) is 6.18. The van der Waals surface area contributed by atoms with Crippen LogP contribution in [0.4, 0.5) is 0 Å². The summed E-state index contributed by atoms with van der Waals surface area (Å²) in [5.74, 6) is 0.462. The van der Waals surface area contributed by atoms with E-state index in [-0.39, 0.29) is 17.5 Å². The average molecular weight is 292 g/mol. The zero-order valence-corrected chi connectivity index (χ0v) is 13.4. The van der Waals surface area contributed by atoms with Crippen LogP contribution in [0.15, 0.2) is 36.4 Å². The third kappa shape index (κ3) is 4.90. The quantitative estimate of drug-likeness (QED) is 0.569. The van der Waals surface area contributed by atoms with E-state index in [1.807, 2.05) is 44.2 Å². The van der Waals surface area contributed by atoms with Crippen molar-refractivity contribution >= 4 is 5.97 Å². The lowest BCUT2D eigenvalue weighted by molar-refractivity contribution is -0.137. The van der Waals surface area contributed by atoms with Gasteiger partial charge in [-0.2, -0.15) is 0 Å². The van der Waals surface area contributed by atoms with Gasteiger partial charge in [-0.15, -0.1) is 0 Å². The Morgan fingerprint density at radius 1 is 1.24 bits per heavy atom. The van der Waals surface area contributed by atoms with E-state index in [1.165, 1.54) is 6.08 Å². The first-order valence-corrected chi connectivity index (χ1v) is 6.97. The topological polar surface area (TPSA) is 44.8 Å². The van der Waals surface area contributed by atoms with Gasteiger partial charge >= 0.3 is 5.97 Å². The van der Waals surface area contributed by atoms with Crippen LogP contribution in [0.25, 0.3) is 0 Å². The molecule has 0 heterocycles. The van der Waals surface area contributed by atoms with E-state index in [4.69, 9.17) is 14.2 Å². The number of hydrogen-bond acceptors (Lipinski definition) is 4. The zero-order valence-electron chi connectivity index (χ0n) is 13.4. The van der Waals surface area contributed by atoms with Gasteiger partial charge in [0.05, 0.1) is 19.8 Å². The Hall–Kier alpha value is -1.81. The van der Waals surface area contributed by atoms with E-state index in [1.54, 1.807) is 21.1 Å². The lowest BCUT2D eigenvalue weighted by Gasteiger charge is -2.31. The predicted molar refractivity (Wildman–Crippen MR) is 82.3 cm³/mol. The standard InChI is InChI=1S/C17H24O4/c1-6-21-15(18)11-12-17(2,3)16(20-5)13-7-9-14(19-4)10-8-13/h7-12,16H,6H2,1-5H3/b12-11+. The predicted octanol–water partition coefficient (Wildman–Crippen LogP) is 3.53. The van der Waals surface area contributed by atoms with Crippen LogP contribution < -0.4 is 4.74 Å². The monoisotopic (exact) mass is 292 g/mol. The molecule has 1 atom stereocenters. The maximum Gasteiger partial charge on any atom is 0.330 e. The minimum Gasteiger partial charge on any atom is -0.497 e. The Labute approximate surface area is 126 Å². The highest BCUT2D eigenvalue weighted by atomic mass is 16.5. The molecule has 0 fully saturated rings. The smallest absolute Gasteiger partial charge is 0.330 e. The first kappa shape index (κ1) is 17.2. The van der Waals surface area contributed by atoms with Gasteiger partial charge in [0, 0.05) is 18.6 Å². The molecule has 0 bridgehead atoms. The van der Waals surface area contributed by atoms with Crippen molar-refractivity contribution in [1.82, 2.24) is 0 Å². The Bertz CT molecular complexity index is 474. The molecular weight excluding hydrogens is 268 g/mol. The van der Waals surface area contributed by atoms with Gasteiger partial charge in [0.15, 0.2) is 0 Å². The van der Waals surface area contributed by atoms with Crippen molar-refractivity contribution in [1.29, 1.82) is 0 Å². The van der Waals surface area contributed by atoms with Crippen LogP contribution in [0.3, 0.4) is 0 Å². The summed E-state index contributed by atoms with van der Waals surface area (Å²) < 4.78 is 15.7. The van der Waals surface area contributed by atoms with Crippen molar-refractivity contribution < 1.29 is 19.0 Å². The number of methoxy groups -OCH3 is 2. The van der Waals surface area contributed by atoms with Crippen LogP contribution in [0, 0.1) is 5.41 Å². The molecule has 0 spiro atoms. The molecule has 0 radical (unpaired) electrons. The summed E-state index contributed by atoms with van der Waals surface area (Å²) in [6, 6.07) is 7.72. The molecule has 0 N–H and O–H groups in total. The number of carbonyl (C=O) groups excluding carboxylic acids is 1. The number of esters is 1. The van der Waals surface area contributed by atoms with E-state index in [0.717, 1.165) is 11.3 Å². The molecule has 1 unspecified atom stereocenters. The fourth-order valence-corrected chi connectivity index (χ4v) is 2.21. The van der Waals surface area contributed by atoms with Gasteiger partial charge in [-0.1, -0.05) is 32.1 Å². The van der Waals surface area contributed by atoms with E-state index in [2.05, 4.69) is 0 Å². The second kappa shape index (κ2) is 7.84. The number of ether oxygens (including phenoxy) is 3. The van der Waals surface area contributed by atoms with E-state index < -0.39 is 0 Å². The third-order valence-electron chi connectivity index (χ3n) is 3.27. The average Bonchev–Trinajstić information content (AvgIpc) is 2.47. The summed E-state index contributed by atoms with van der Waals surface area (Å²) in [5.41, 5.74) is 0.674. The molecule has 0 amide bonds. The lowest BCUT2D eigenvalue weighted by Crippen LogP contribution is -2.22. The molecule has 0 saturated heterocycles. The fourth-order valence-electron chi connectivity index (χ4n) is 2.21. The Morgan fingerprint density at radius 2 is 1.86 bits per heavy atom. The van der Waals surface area contributed by atoms with Crippen LogP contribution in [-0.4, -0.2) is 26.8 Å². The normalized spacial score (nSPS) is 13.2. The summed E-state index contributed by atoms with van der Waals surface area (Å²) in [5, 5.41) is 0. The van der Waals surface area contributed by atoms with Crippen LogP contribution in [-0.2, 0) is 14.3 Å². The van der Waals surface area contributed by atoms with Gasteiger partial charge in [-0.25, -0.2) is 4.79 Å². The molecule has 0 aromatic heterocycles. The van der Waals surface area contributed by atoms with Crippen molar-refractivity contribution in [2.24, 2.45) is 5.41 Å². The maximum atomic E-state index is 11.5. The fraction of sp³-hybridized carbons (Fsp3) is 0.471. The molecule has 4 nitrogen and oxygen atoms in total. The van der Waals surface area contributed by atoms with Gasteiger partial charge in [0.2, 0.25) is 0 Å². The minimum absolute atomic E-state index is 0.172. The van der Waals surface area contributed by atoms with E-state index in [0.29, 0.717) is 6.61 Å². The van der Waals surface area contributed by atoms with E-state index >= 15 is 0 Å². The number of rotatable bonds is 7. The van der Waals surface area contributed by atoms with Crippen LogP contribution >= 0.6 is 0 Å². The Kier molecular flexibility index (Phi) is 6.43. The summed E-state index contributed by atoms with van der Waals surface area (Å²) in [7, 11) is 3.30. The summed E-state index contributed by atoms with van der Waals surface area (Å²) >= 11 is 0.